The van der Waals surface area contributed by atoms with E-state index < -0.39 is 10.0 Å². The Morgan fingerprint density at radius 3 is 2.94 bits per heavy atom. The van der Waals surface area contributed by atoms with Gasteiger partial charge in [-0.05, 0) is 31.5 Å². The zero-order valence-corrected chi connectivity index (χ0v) is 11.4. The quantitative estimate of drug-likeness (QED) is 0.860. The van der Waals surface area contributed by atoms with E-state index in [1.54, 1.807) is 18.3 Å². The molecule has 18 heavy (non-hydrogen) atoms. The fraction of sp³-hybridized carbons (Fsp3) is 0.583. The lowest BCUT2D eigenvalue weighted by Crippen LogP contribution is -2.40. The highest BCUT2D eigenvalue weighted by Crippen LogP contribution is 2.16. The normalized spacial score (nSPS) is 20.4. The van der Waals surface area contributed by atoms with E-state index in [2.05, 4.69) is 10.3 Å². The first-order valence-corrected chi connectivity index (χ1v) is 7.72. The van der Waals surface area contributed by atoms with E-state index in [4.69, 9.17) is 0 Å². The van der Waals surface area contributed by atoms with Crippen LogP contribution in [0.5, 0.6) is 0 Å². The molecule has 1 saturated heterocycles. The van der Waals surface area contributed by atoms with Crippen molar-refractivity contribution >= 4 is 10.0 Å². The number of sulfonamides is 1. The second-order valence-corrected chi connectivity index (χ2v) is 6.38. The van der Waals surface area contributed by atoms with E-state index in [0.29, 0.717) is 13.1 Å². The first kappa shape index (κ1) is 13.5. The molecule has 1 atom stereocenters. The number of nitrogens with zero attached hydrogens (tertiary/aromatic N) is 2. The predicted molar refractivity (Wildman–Crippen MR) is 69.7 cm³/mol. The third-order valence-electron chi connectivity index (χ3n) is 3.21. The molecule has 0 bridgehead atoms. The van der Waals surface area contributed by atoms with Crippen LogP contribution in [0.3, 0.4) is 0 Å². The summed E-state index contributed by atoms with van der Waals surface area (Å²) in [7, 11) is -3.41. The SMILES string of the molecule is CCN(CC1CCCN1)S(=O)(=O)c1cccnc1. The fourth-order valence-electron chi connectivity index (χ4n) is 2.20. The largest absolute Gasteiger partial charge is 0.313 e. The lowest BCUT2D eigenvalue weighted by Gasteiger charge is -2.23. The molecule has 1 aliphatic rings. The van der Waals surface area contributed by atoms with Gasteiger partial charge in [-0.25, -0.2) is 8.42 Å². The average molecular weight is 269 g/mol. The van der Waals surface area contributed by atoms with E-state index in [9.17, 15) is 8.42 Å². The number of nitrogens with one attached hydrogen (secondary N) is 1. The van der Waals surface area contributed by atoms with Crippen LogP contribution >= 0.6 is 0 Å². The molecule has 0 amide bonds. The summed E-state index contributed by atoms with van der Waals surface area (Å²) in [4.78, 5) is 4.15. The van der Waals surface area contributed by atoms with Crippen molar-refractivity contribution in [2.75, 3.05) is 19.6 Å². The highest BCUT2D eigenvalue weighted by atomic mass is 32.2. The summed E-state index contributed by atoms with van der Waals surface area (Å²) in [6, 6.07) is 3.51. The summed E-state index contributed by atoms with van der Waals surface area (Å²) in [6.45, 7) is 3.86. The van der Waals surface area contributed by atoms with E-state index in [1.807, 2.05) is 6.92 Å². The van der Waals surface area contributed by atoms with Gasteiger partial charge < -0.3 is 5.32 Å². The maximum atomic E-state index is 12.4. The van der Waals surface area contributed by atoms with Crippen molar-refractivity contribution in [2.45, 2.75) is 30.7 Å². The number of rotatable bonds is 5. The van der Waals surface area contributed by atoms with Crippen LogP contribution in [0, 0.1) is 0 Å². The minimum Gasteiger partial charge on any atom is -0.313 e. The summed E-state index contributed by atoms with van der Waals surface area (Å²) < 4.78 is 26.3. The topological polar surface area (TPSA) is 62.3 Å². The van der Waals surface area contributed by atoms with Gasteiger partial charge in [0.1, 0.15) is 4.90 Å². The Morgan fingerprint density at radius 1 is 1.56 bits per heavy atom. The lowest BCUT2D eigenvalue weighted by atomic mass is 10.2. The van der Waals surface area contributed by atoms with E-state index >= 15 is 0 Å². The Morgan fingerprint density at radius 2 is 2.39 bits per heavy atom. The van der Waals surface area contributed by atoms with Crippen LogP contribution in [-0.4, -0.2) is 43.4 Å². The van der Waals surface area contributed by atoms with Crippen molar-refractivity contribution in [2.24, 2.45) is 0 Å². The first-order chi connectivity index (χ1) is 8.64. The standard InChI is InChI=1S/C12H19N3O2S/c1-2-15(10-11-5-3-8-14-11)18(16,17)12-6-4-7-13-9-12/h4,6-7,9,11,14H,2-3,5,8,10H2,1H3. The Kier molecular flexibility index (Phi) is 4.31. The maximum absolute atomic E-state index is 12.4. The molecule has 0 spiro atoms. The van der Waals surface area contributed by atoms with Gasteiger partial charge in [0.15, 0.2) is 0 Å². The molecule has 1 aromatic rings. The van der Waals surface area contributed by atoms with Gasteiger partial charge in [0.2, 0.25) is 10.0 Å². The van der Waals surface area contributed by atoms with Gasteiger partial charge in [-0.2, -0.15) is 4.31 Å². The second-order valence-electron chi connectivity index (χ2n) is 4.44. The second kappa shape index (κ2) is 5.77. The minimum absolute atomic E-state index is 0.268. The van der Waals surface area contributed by atoms with Crippen molar-refractivity contribution in [3.05, 3.63) is 24.5 Å². The lowest BCUT2D eigenvalue weighted by molar-refractivity contribution is 0.382. The molecule has 0 aliphatic carbocycles. The third kappa shape index (κ3) is 2.88. The highest BCUT2D eigenvalue weighted by Gasteiger charge is 2.27. The van der Waals surface area contributed by atoms with Crippen LogP contribution in [0.1, 0.15) is 19.8 Å². The molecule has 6 heteroatoms. The third-order valence-corrected chi connectivity index (χ3v) is 5.14. The Bertz CT molecular complexity index is 469. The fourth-order valence-corrected chi connectivity index (χ4v) is 3.66. The first-order valence-electron chi connectivity index (χ1n) is 6.28. The molecule has 100 valence electrons. The van der Waals surface area contributed by atoms with Gasteiger partial charge in [-0.1, -0.05) is 6.92 Å². The number of likely N-dealkylation sites (N-methyl/N-ethyl adjacent to an activating group) is 1. The Labute approximate surface area is 108 Å². The van der Waals surface area contributed by atoms with E-state index in [0.717, 1.165) is 19.4 Å². The summed E-state index contributed by atoms with van der Waals surface area (Å²) in [6.07, 6.45) is 5.14. The minimum atomic E-state index is -3.41. The highest BCUT2D eigenvalue weighted by molar-refractivity contribution is 7.89. The van der Waals surface area contributed by atoms with Gasteiger partial charge in [-0.3, -0.25) is 4.98 Å². The molecule has 2 heterocycles. The monoisotopic (exact) mass is 269 g/mol. The van der Waals surface area contributed by atoms with Gasteiger partial charge in [0.05, 0.1) is 0 Å². The van der Waals surface area contributed by atoms with Crippen LogP contribution in [0.2, 0.25) is 0 Å². The van der Waals surface area contributed by atoms with Gasteiger partial charge >= 0.3 is 0 Å². The van der Waals surface area contributed by atoms with Crippen LogP contribution in [0.25, 0.3) is 0 Å². The predicted octanol–water partition coefficient (Wildman–Crippen LogP) is 0.844. The molecular weight excluding hydrogens is 250 g/mol. The van der Waals surface area contributed by atoms with Crippen LogP contribution in [-0.2, 0) is 10.0 Å². The molecule has 1 aliphatic heterocycles. The molecule has 1 unspecified atom stereocenters. The van der Waals surface area contributed by atoms with E-state index in [-0.39, 0.29) is 10.9 Å². The molecule has 0 radical (unpaired) electrons. The molecule has 1 N–H and O–H groups in total. The molecule has 1 fully saturated rings. The van der Waals surface area contributed by atoms with Gasteiger partial charge in [0.25, 0.3) is 0 Å². The van der Waals surface area contributed by atoms with Crippen LogP contribution < -0.4 is 5.32 Å². The smallest absolute Gasteiger partial charge is 0.244 e. The van der Waals surface area contributed by atoms with Crippen molar-refractivity contribution in [1.29, 1.82) is 0 Å². The molecule has 5 nitrogen and oxygen atoms in total. The molecule has 1 aromatic heterocycles. The van der Waals surface area contributed by atoms with Crippen LogP contribution in [0.4, 0.5) is 0 Å². The van der Waals surface area contributed by atoms with Crippen LogP contribution in [0.15, 0.2) is 29.4 Å². The number of hydrogen-bond donors (Lipinski definition) is 1. The van der Waals surface area contributed by atoms with Gasteiger partial charge in [-0.15, -0.1) is 0 Å². The number of aromatic nitrogens is 1. The van der Waals surface area contributed by atoms with E-state index in [1.165, 1.54) is 10.5 Å². The zero-order chi connectivity index (χ0) is 13.0. The molecular formula is C12H19N3O2S. The summed E-state index contributed by atoms with van der Waals surface area (Å²) in [5, 5.41) is 3.32. The molecule has 0 aromatic carbocycles. The summed E-state index contributed by atoms with van der Waals surface area (Å²) >= 11 is 0. The zero-order valence-electron chi connectivity index (χ0n) is 10.5. The Balaban J connectivity index is 2.15. The molecule has 2 rings (SSSR count). The Hall–Kier alpha value is -0.980. The number of pyridine rings is 1. The van der Waals surface area contributed by atoms with Crippen molar-refractivity contribution in [3.8, 4) is 0 Å². The molecule has 0 saturated carbocycles. The van der Waals surface area contributed by atoms with Crippen molar-refractivity contribution < 1.29 is 8.42 Å². The maximum Gasteiger partial charge on any atom is 0.244 e. The number of hydrogen-bond acceptors (Lipinski definition) is 4. The van der Waals surface area contributed by atoms with Gasteiger partial charge in [0, 0.05) is 31.5 Å². The van der Waals surface area contributed by atoms with Crippen molar-refractivity contribution in [3.63, 3.8) is 0 Å². The van der Waals surface area contributed by atoms with Crippen molar-refractivity contribution in [1.82, 2.24) is 14.6 Å². The summed E-state index contributed by atoms with van der Waals surface area (Å²) in [5.41, 5.74) is 0. The average Bonchev–Trinajstić information content (AvgIpc) is 2.89. The summed E-state index contributed by atoms with van der Waals surface area (Å²) in [5.74, 6) is 0.